The quantitative estimate of drug-likeness (QED) is 0.419. The molecule has 6 heteroatoms. The average Bonchev–Trinajstić information content (AvgIpc) is 2.05. The van der Waals surface area contributed by atoms with Crippen molar-refractivity contribution in [2.24, 2.45) is 0 Å². The number of hydrogen-bond donors (Lipinski definition) is 3. The van der Waals surface area contributed by atoms with E-state index in [1.807, 2.05) is 0 Å². The van der Waals surface area contributed by atoms with Gasteiger partial charge >= 0.3 is 5.97 Å². The number of aliphatic hydroxyl groups is 2. The molecule has 0 aliphatic heterocycles. The SMILES string of the molecule is COC(C(=O)O)N(CCO)CCO. The second-order valence-corrected chi connectivity index (χ2v) is 2.41. The Morgan fingerprint density at radius 1 is 1.38 bits per heavy atom. The summed E-state index contributed by atoms with van der Waals surface area (Å²) in [6, 6.07) is 0. The van der Waals surface area contributed by atoms with Crippen LogP contribution < -0.4 is 0 Å². The lowest BCUT2D eigenvalue weighted by Crippen LogP contribution is -2.45. The number of hydrogen-bond acceptors (Lipinski definition) is 5. The predicted octanol–water partition coefficient (Wildman–Crippen LogP) is -1.67. The van der Waals surface area contributed by atoms with Gasteiger partial charge in [0.1, 0.15) is 0 Å². The lowest BCUT2D eigenvalue weighted by atomic mass is 10.4. The third-order valence-corrected chi connectivity index (χ3v) is 1.54. The zero-order chi connectivity index (χ0) is 10.3. The van der Waals surface area contributed by atoms with Gasteiger partial charge in [-0.25, -0.2) is 4.79 Å². The molecule has 0 aliphatic carbocycles. The molecule has 0 amide bonds. The van der Waals surface area contributed by atoms with E-state index in [1.165, 1.54) is 12.0 Å². The van der Waals surface area contributed by atoms with Gasteiger partial charge in [0.2, 0.25) is 6.23 Å². The fourth-order valence-electron chi connectivity index (χ4n) is 1.01. The second kappa shape index (κ2) is 6.79. The molecule has 0 aromatic rings. The van der Waals surface area contributed by atoms with Crippen LogP contribution in [0.3, 0.4) is 0 Å². The Balaban J connectivity index is 4.20. The minimum atomic E-state index is -1.13. The number of ether oxygens (including phenoxy) is 1. The Morgan fingerprint density at radius 3 is 2.08 bits per heavy atom. The molecule has 0 radical (unpaired) electrons. The van der Waals surface area contributed by atoms with Crippen molar-refractivity contribution in [3.8, 4) is 0 Å². The van der Waals surface area contributed by atoms with Crippen molar-refractivity contribution in [3.05, 3.63) is 0 Å². The fraction of sp³-hybridized carbons (Fsp3) is 0.857. The van der Waals surface area contributed by atoms with Crippen molar-refractivity contribution >= 4 is 5.97 Å². The van der Waals surface area contributed by atoms with E-state index in [9.17, 15) is 4.79 Å². The molecule has 1 atom stereocenters. The average molecular weight is 193 g/mol. The Kier molecular flexibility index (Phi) is 6.43. The summed E-state index contributed by atoms with van der Waals surface area (Å²) in [7, 11) is 1.26. The van der Waals surface area contributed by atoms with Gasteiger partial charge in [-0.3, -0.25) is 4.90 Å². The first-order valence-electron chi connectivity index (χ1n) is 3.88. The van der Waals surface area contributed by atoms with Crippen molar-refractivity contribution in [1.82, 2.24) is 4.90 Å². The highest BCUT2D eigenvalue weighted by atomic mass is 16.5. The smallest absolute Gasteiger partial charge is 0.348 e. The number of rotatable bonds is 7. The van der Waals surface area contributed by atoms with Crippen LogP contribution in [0.25, 0.3) is 0 Å². The van der Waals surface area contributed by atoms with E-state index in [0.29, 0.717) is 0 Å². The molecule has 6 nitrogen and oxygen atoms in total. The maximum atomic E-state index is 10.6. The van der Waals surface area contributed by atoms with Crippen LogP contribution in [0.15, 0.2) is 0 Å². The van der Waals surface area contributed by atoms with Crippen molar-refractivity contribution in [2.75, 3.05) is 33.4 Å². The molecule has 78 valence electrons. The Labute approximate surface area is 76.3 Å². The number of methoxy groups -OCH3 is 1. The molecule has 0 rings (SSSR count). The van der Waals surface area contributed by atoms with Crippen LogP contribution in [0.5, 0.6) is 0 Å². The Hall–Kier alpha value is -0.690. The van der Waals surface area contributed by atoms with Gasteiger partial charge in [-0.05, 0) is 0 Å². The van der Waals surface area contributed by atoms with Crippen molar-refractivity contribution in [1.29, 1.82) is 0 Å². The van der Waals surface area contributed by atoms with Gasteiger partial charge in [-0.2, -0.15) is 0 Å². The minimum Gasteiger partial charge on any atom is -0.478 e. The summed E-state index contributed by atoms with van der Waals surface area (Å²) in [5.74, 6) is -1.13. The molecule has 0 aromatic heterocycles. The second-order valence-electron chi connectivity index (χ2n) is 2.41. The molecule has 0 aliphatic rings. The van der Waals surface area contributed by atoms with E-state index < -0.39 is 12.2 Å². The molecule has 0 spiro atoms. The lowest BCUT2D eigenvalue weighted by molar-refractivity contribution is -0.162. The topological polar surface area (TPSA) is 90.2 Å². The van der Waals surface area contributed by atoms with E-state index in [1.54, 1.807) is 0 Å². The van der Waals surface area contributed by atoms with Gasteiger partial charge in [0.25, 0.3) is 0 Å². The third-order valence-electron chi connectivity index (χ3n) is 1.54. The number of carboxylic acid groups (broad SMARTS) is 1. The summed E-state index contributed by atoms with van der Waals surface area (Å²) < 4.78 is 4.68. The Morgan fingerprint density at radius 2 is 1.85 bits per heavy atom. The monoisotopic (exact) mass is 193 g/mol. The summed E-state index contributed by atoms with van der Waals surface area (Å²) in [5.41, 5.74) is 0. The molecule has 0 saturated carbocycles. The zero-order valence-corrected chi connectivity index (χ0v) is 7.51. The van der Waals surface area contributed by atoms with Crippen LogP contribution in [-0.2, 0) is 9.53 Å². The normalized spacial score (nSPS) is 13.2. The first-order chi connectivity index (χ1) is 6.17. The summed E-state index contributed by atoms with van der Waals surface area (Å²) in [6.07, 6.45) is -1.11. The van der Waals surface area contributed by atoms with Crippen LogP contribution >= 0.6 is 0 Å². The summed E-state index contributed by atoms with van der Waals surface area (Å²) >= 11 is 0. The molecule has 0 saturated heterocycles. The van der Waals surface area contributed by atoms with Crippen molar-refractivity contribution in [3.63, 3.8) is 0 Å². The summed E-state index contributed by atoms with van der Waals surface area (Å²) in [5, 5.41) is 25.9. The number of aliphatic hydroxyl groups excluding tert-OH is 2. The van der Waals surface area contributed by atoms with Gasteiger partial charge in [0.15, 0.2) is 0 Å². The van der Waals surface area contributed by atoms with Gasteiger partial charge in [0.05, 0.1) is 13.2 Å². The molecule has 1 unspecified atom stereocenters. The Bertz CT molecular complexity index is 146. The van der Waals surface area contributed by atoms with E-state index in [4.69, 9.17) is 15.3 Å². The molecule has 0 fully saturated rings. The van der Waals surface area contributed by atoms with Crippen LogP contribution in [0.1, 0.15) is 0 Å². The molecule has 3 N–H and O–H groups in total. The van der Waals surface area contributed by atoms with E-state index >= 15 is 0 Å². The largest absolute Gasteiger partial charge is 0.478 e. The lowest BCUT2D eigenvalue weighted by Gasteiger charge is -2.25. The highest BCUT2D eigenvalue weighted by molar-refractivity contribution is 5.71. The maximum Gasteiger partial charge on any atom is 0.348 e. The number of nitrogens with zero attached hydrogens (tertiary/aromatic N) is 1. The number of carboxylic acids is 1. The van der Waals surface area contributed by atoms with Gasteiger partial charge in [0, 0.05) is 20.2 Å². The summed E-state index contributed by atoms with van der Waals surface area (Å²) in [6.45, 7) is -0.0307. The molecule has 13 heavy (non-hydrogen) atoms. The standard InChI is InChI=1S/C7H15NO5/c1-13-6(7(11)12)8(2-4-9)3-5-10/h6,9-10H,2-5H2,1H3,(H,11,12). The molecule has 0 aromatic carbocycles. The molecule has 0 bridgehead atoms. The number of carbonyl (C=O) groups is 1. The fourth-order valence-corrected chi connectivity index (χ4v) is 1.01. The highest BCUT2D eigenvalue weighted by Gasteiger charge is 2.23. The first kappa shape index (κ1) is 12.3. The zero-order valence-electron chi connectivity index (χ0n) is 7.51. The predicted molar refractivity (Wildman–Crippen MR) is 44.2 cm³/mol. The number of aliphatic carboxylic acids is 1. The van der Waals surface area contributed by atoms with E-state index in [0.717, 1.165) is 0 Å². The van der Waals surface area contributed by atoms with Crippen LogP contribution in [0.4, 0.5) is 0 Å². The minimum absolute atomic E-state index is 0.158. The van der Waals surface area contributed by atoms with Gasteiger partial charge in [-0.1, -0.05) is 0 Å². The van der Waals surface area contributed by atoms with Crippen LogP contribution in [0.2, 0.25) is 0 Å². The third kappa shape index (κ3) is 4.18. The van der Waals surface area contributed by atoms with Gasteiger partial charge < -0.3 is 20.1 Å². The van der Waals surface area contributed by atoms with Crippen LogP contribution in [-0.4, -0.2) is 65.8 Å². The molecular weight excluding hydrogens is 178 g/mol. The first-order valence-corrected chi connectivity index (χ1v) is 3.88. The van der Waals surface area contributed by atoms with Crippen molar-refractivity contribution in [2.45, 2.75) is 6.23 Å². The van der Waals surface area contributed by atoms with Crippen molar-refractivity contribution < 1.29 is 24.9 Å². The molecular formula is C7H15NO5. The van der Waals surface area contributed by atoms with E-state index in [-0.39, 0.29) is 26.3 Å². The summed E-state index contributed by atoms with van der Waals surface area (Å²) in [4.78, 5) is 11.9. The van der Waals surface area contributed by atoms with Crippen LogP contribution in [0, 0.1) is 0 Å². The molecule has 0 heterocycles. The van der Waals surface area contributed by atoms with Gasteiger partial charge in [-0.15, -0.1) is 0 Å². The van der Waals surface area contributed by atoms with E-state index in [2.05, 4.69) is 4.74 Å². The highest BCUT2D eigenvalue weighted by Crippen LogP contribution is 1.99. The maximum absolute atomic E-state index is 10.6.